The van der Waals surface area contributed by atoms with Crippen LogP contribution in [-0.2, 0) is 28.8 Å². The zero-order chi connectivity index (χ0) is 34.5. The second-order valence-electron chi connectivity index (χ2n) is 12.7. The molecule has 0 spiro atoms. The first kappa shape index (κ1) is 40.7. The number of nitrogens with one attached hydrogen (secondary N) is 5. The van der Waals surface area contributed by atoms with Crippen molar-refractivity contribution in [3.63, 3.8) is 0 Å². The summed E-state index contributed by atoms with van der Waals surface area (Å²) < 4.78 is 0. The van der Waals surface area contributed by atoms with Crippen molar-refractivity contribution in [1.29, 1.82) is 0 Å². The van der Waals surface area contributed by atoms with E-state index in [4.69, 9.17) is 5.73 Å². The first-order chi connectivity index (χ1) is 20.2. The van der Waals surface area contributed by atoms with E-state index in [1.165, 1.54) is 6.92 Å². The highest BCUT2D eigenvalue weighted by Crippen LogP contribution is 2.09. The minimum Gasteiger partial charge on any atom is -0.480 e. The van der Waals surface area contributed by atoms with Crippen LogP contribution < -0.4 is 32.3 Å². The number of hydrogen-bond donors (Lipinski definition) is 9. The molecule has 0 saturated carbocycles. The summed E-state index contributed by atoms with van der Waals surface area (Å²) >= 11 is 0. The van der Waals surface area contributed by atoms with Gasteiger partial charge in [-0.25, -0.2) is 4.79 Å². The lowest BCUT2D eigenvalue weighted by Gasteiger charge is -2.30. The highest BCUT2D eigenvalue weighted by Gasteiger charge is 2.36. The lowest BCUT2D eigenvalue weighted by atomic mass is 9.99. The normalized spacial score (nSPS) is 16.4. The first-order valence-electron chi connectivity index (χ1n) is 15.0. The molecule has 0 aliphatic rings. The Morgan fingerprint density at radius 2 is 0.955 bits per heavy atom. The number of carboxylic acids is 1. The summed E-state index contributed by atoms with van der Waals surface area (Å²) in [6.07, 6.45) is -0.894. The largest absolute Gasteiger partial charge is 0.480 e. The van der Waals surface area contributed by atoms with E-state index < -0.39 is 96.3 Å². The third-order valence-corrected chi connectivity index (χ3v) is 6.76. The summed E-state index contributed by atoms with van der Waals surface area (Å²) in [7, 11) is 0. The number of hydrogen-bond acceptors (Lipinski definition) is 9. The molecular formula is C29H54N6O9. The van der Waals surface area contributed by atoms with Crippen LogP contribution in [0.2, 0.25) is 0 Å². The molecule has 5 amide bonds. The maximum Gasteiger partial charge on any atom is 0.326 e. The van der Waals surface area contributed by atoms with Crippen LogP contribution in [0.25, 0.3) is 0 Å². The molecule has 0 aromatic heterocycles. The van der Waals surface area contributed by atoms with Crippen LogP contribution in [0.5, 0.6) is 0 Å². The minimum absolute atomic E-state index is 0.0593. The van der Waals surface area contributed by atoms with Gasteiger partial charge in [0.2, 0.25) is 29.5 Å². The molecule has 0 bridgehead atoms. The van der Waals surface area contributed by atoms with Crippen molar-refractivity contribution < 1.29 is 44.1 Å². The molecule has 0 rings (SSSR count). The Balaban J connectivity index is 5.71. The number of amides is 5. The maximum absolute atomic E-state index is 13.2. The highest BCUT2D eigenvalue weighted by atomic mass is 16.4. The predicted octanol–water partition coefficient (Wildman–Crippen LogP) is -1.40. The summed E-state index contributed by atoms with van der Waals surface area (Å²) in [6, 6.07) is -7.48. The smallest absolute Gasteiger partial charge is 0.326 e. The Kier molecular flexibility index (Phi) is 17.7. The summed E-state index contributed by atoms with van der Waals surface area (Å²) in [5.41, 5.74) is 5.94. The second kappa shape index (κ2) is 19.2. The van der Waals surface area contributed by atoms with Gasteiger partial charge in [-0.3, -0.25) is 24.0 Å². The van der Waals surface area contributed by atoms with Gasteiger partial charge in [-0.2, -0.15) is 0 Å². The number of carbonyl (C=O) groups is 6. The third-order valence-electron chi connectivity index (χ3n) is 6.76. The molecule has 7 atom stereocenters. The van der Waals surface area contributed by atoms with Crippen LogP contribution in [-0.4, -0.2) is 99.8 Å². The molecule has 0 aliphatic heterocycles. The number of nitrogens with two attached hydrogens (primary N) is 1. The van der Waals surface area contributed by atoms with E-state index in [1.807, 2.05) is 13.8 Å². The summed E-state index contributed by atoms with van der Waals surface area (Å²) in [6.45, 7) is 14.3. The van der Waals surface area contributed by atoms with Gasteiger partial charge in [-0.1, -0.05) is 55.4 Å². The Bertz CT molecular complexity index is 986. The Morgan fingerprint density at radius 1 is 0.568 bits per heavy atom. The van der Waals surface area contributed by atoms with Gasteiger partial charge in [0.05, 0.1) is 18.8 Å². The van der Waals surface area contributed by atoms with Crippen LogP contribution in [0.4, 0.5) is 0 Å². The molecule has 15 nitrogen and oxygen atoms in total. The van der Waals surface area contributed by atoms with Crippen molar-refractivity contribution in [3.8, 4) is 0 Å². The average Bonchev–Trinajstić information content (AvgIpc) is 2.89. The highest BCUT2D eigenvalue weighted by molar-refractivity contribution is 5.96. The van der Waals surface area contributed by atoms with E-state index in [0.717, 1.165) is 0 Å². The number of aliphatic carboxylic acids is 1. The van der Waals surface area contributed by atoms with Crippen molar-refractivity contribution >= 4 is 35.5 Å². The van der Waals surface area contributed by atoms with E-state index in [1.54, 1.807) is 41.5 Å². The van der Waals surface area contributed by atoms with E-state index in [-0.39, 0.29) is 18.3 Å². The fourth-order valence-corrected chi connectivity index (χ4v) is 4.26. The van der Waals surface area contributed by atoms with Crippen LogP contribution in [0, 0.1) is 23.7 Å². The summed E-state index contributed by atoms with van der Waals surface area (Å²) in [4.78, 5) is 76.3. The van der Waals surface area contributed by atoms with E-state index >= 15 is 0 Å². The topological polar surface area (TPSA) is 249 Å². The third kappa shape index (κ3) is 14.0. The van der Waals surface area contributed by atoms with Crippen LogP contribution in [0.15, 0.2) is 0 Å². The van der Waals surface area contributed by atoms with Crippen LogP contribution >= 0.6 is 0 Å². The van der Waals surface area contributed by atoms with Gasteiger partial charge in [0.25, 0.3) is 0 Å². The van der Waals surface area contributed by atoms with Gasteiger partial charge in [-0.15, -0.1) is 0 Å². The molecule has 254 valence electrons. The number of rotatable bonds is 19. The average molecular weight is 631 g/mol. The molecule has 0 fully saturated rings. The number of carbonyl (C=O) groups excluding carboxylic acids is 5. The SMILES string of the molecule is CC(C)C[C@H](NC(=O)[C@H](CO)NC(=O)[C@@H](NC(=O)[C@@H](NC(=O)[C@@H](NC(=O)[C@@H](N)CC(C)C)C(C)C)[C@@H](C)O)C(C)C)C(=O)O. The number of aliphatic hydroxyl groups is 2. The van der Waals surface area contributed by atoms with Crippen molar-refractivity contribution in [2.24, 2.45) is 29.4 Å². The standard InChI is InChI=1S/C29H54N6O9/c1-13(2)10-18(30)24(38)33-22(16(7)8)27(41)35-23(17(9)37)28(42)34-21(15(5)6)26(40)32-20(12-36)25(39)31-19(29(43)44)11-14(3)4/h13-23,36-37H,10-12,30H2,1-9H3,(H,31,39)(H,32,40)(H,33,38)(H,34,42)(H,35,41)(H,43,44)/t17-,18+,19+,20+,21+,22+,23+/m1/s1. The Morgan fingerprint density at radius 3 is 1.34 bits per heavy atom. The van der Waals surface area contributed by atoms with Crippen molar-refractivity contribution in [2.45, 2.75) is 118 Å². The molecule has 10 N–H and O–H groups in total. The van der Waals surface area contributed by atoms with Gasteiger partial charge in [0.1, 0.15) is 30.2 Å². The molecule has 0 aromatic rings. The molecule has 0 unspecified atom stereocenters. The maximum atomic E-state index is 13.2. The minimum atomic E-state index is -1.52. The number of aliphatic hydroxyl groups excluding tert-OH is 2. The molecule has 0 heterocycles. The van der Waals surface area contributed by atoms with Crippen LogP contribution in [0.1, 0.15) is 75.2 Å². The molecule has 15 heteroatoms. The van der Waals surface area contributed by atoms with Gasteiger partial charge in [-0.05, 0) is 43.4 Å². The molecule has 0 aromatic carbocycles. The zero-order valence-corrected chi connectivity index (χ0v) is 27.3. The summed E-state index contributed by atoms with van der Waals surface area (Å²) in [5.74, 6) is -6.13. The lowest BCUT2D eigenvalue weighted by Crippen LogP contribution is -2.63. The zero-order valence-electron chi connectivity index (χ0n) is 27.3. The van der Waals surface area contributed by atoms with Crippen molar-refractivity contribution in [3.05, 3.63) is 0 Å². The molecule has 0 radical (unpaired) electrons. The second-order valence-corrected chi connectivity index (χ2v) is 12.7. The van der Waals surface area contributed by atoms with Gasteiger partial charge >= 0.3 is 5.97 Å². The van der Waals surface area contributed by atoms with Crippen molar-refractivity contribution in [1.82, 2.24) is 26.6 Å². The van der Waals surface area contributed by atoms with E-state index in [9.17, 15) is 44.1 Å². The van der Waals surface area contributed by atoms with Gasteiger partial charge in [0.15, 0.2) is 0 Å². The fraction of sp³-hybridized carbons (Fsp3) is 0.793. The van der Waals surface area contributed by atoms with Gasteiger partial charge < -0.3 is 47.6 Å². The van der Waals surface area contributed by atoms with Crippen molar-refractivity contribution in [2.75, 3.05) is 6.61 Å². The van der Waals surface area contributed by atoms with E-state index in [0.29, 0.717) is 6.42 Å². The molecule has 0 aliphatic carbocycles. The Labute approximate surface area is 259 Å². The molecular weight excluding hydrogens is 576 g/mol. The van der Waals surface area contributed by atoms with E-state index in [2.05, 4.69) is 26.6 Å². The van der Waals surface area contributed by atoms with Crippen LogP contribution in [0.3, 0.4) is 0 Å². The Hall–Kier alpha value is -3.30. The fourth-order valence-electron chi connectivity index (χ4n) is 4.26. The predicted molar refractivity (Wildman–Crippen MR) is 163 cm³/mol. The quantitative estimate of drug-likeness (QED) is 0.0807. The first-order valence-corrected chi connectivity index (χ1v) is 15.0. The summed E-state index contributed by atoms with van der Waals surface area (Å²) in [5, 5.41) is 41.6. The monoisotopic (exact) mass is 630 g/mol. The van der Waals surface area contributed by atoms with Gasteiger partial charge in [0, 0.05) is 0 Å². The molecule has 44 heavy (non-hydrogen) atoms. The number of carboxylic acid groups (broad SMARTS) is 1. The lowest BCUT2D eigenvalue weighted by molar-refractivity contribution is -0.143. The molecule has 0 saturated heterocycles.